The summed E-state index contributed by atoms with van der Waals surface area (Å²) in [6, 6.07) is 22.2. The molecule has 0 amide bonds. The summed E-state index contributed by atoms with van der Waals surface area (Å²) in [6.07, 6.45) is 6.28. The van der Waals surface area contributed by atoms with Crippen molar-refractivity contribution in [1.82, 2.24) is 9.55 Å². The Kier molecular flexibility index (Phi) is 10.1. The monoisotopic (exact) mass is 697 g/mol. The maximum Gasteiger partial charge on any atom is 0.335 e. The van der Waals surface area contributed by atoms with Gasteiger partial charge < -0.3 is 14.4 Å². The van der Waals surface area contributed by atoms with Crippen molar-refractivity contribution in [2.24, 2.45) is 0 Å². The third-order valence-corrected chi connectivity index (χ3v) is 10.0. The summed E-state index contributed by atoms with van der Waals surface area (Å²) in [5.74, 6) is -0.823. The summed E-state index contributed by atoms with van der Waals surface area (Å²) < 4.78 is 49.7. The van der Waals surface area contributed by atoms with Crippen LogP contribution in [-0.2, 0) is 16.6 Å². The number of aromatic carboxylic acids is 1. The van der Waals surface area contributed by atoms with E-state index >= 15 is 4.39 Å². The second kappa shape index (κ2) is 13.9. The Hall–Kier alpha value is -4.12. The highest BCUT2D eigenvalue weighted by Gasteiger charge is 2.25. The minimum Gasteiger partial charge on any atom is -0.489 e. The van der Waals surface area contributed by atoms with E-state index in [0.29, 0.717) is 38.9 Å². The Morgan fingerprint density at radius 3 is 2.36 bits per heavy atom. The first-order chi connectivity index (χ1) is 22.0. The molecule has 0 aliphatic heterocycles. The first-order valence-electron chi connectivity index (χ1n) is 15.0. The van der Waals surface area contributed by atoms with Gasteiger partial charge in [-0.15, -0.1) is 12.4 Å². The average molecular weight is 699 g/mol. The van der Waals surface area contributed by atoms with Crippen molar-refractivity contribution in [3.05, 3.63) is 101 Å². The van der Waals surface area contributed by atoms with Crippen LogP contribution in [-0.4, -0.2) is 42.3 Å². The molecule has 1 aliphatic carbocycles. The van der Waals surface area contributed by atoms with Gasteiger partial charge in [0.15, 0.2) is 0 Å². The maximum absolute atomic E-state index is 15.9. The van der Waals surface area contributed by atoms with Crippen LogP contribution < -0.4 is 9.04 Å². The lowest BCUT2D eigenvalue weighted by atomic mass is 9.94. The quantitative estimate of drug-likeness (QED) is 0.165. The molecule has 0 unspecified atom stereocenters. The molecule has 246 valence electrons. The van der Waals surface area contributed by atoms with Gasteiger partial charge in [-0.2, -0.15) is 0 Å². The van der Waals surface area contributed by atoms with Gasteiger partial charge in [0, 0.05) is 24.2 Å². The number of imidazole rings is 1. The van der Waals surface area contributed by atoms with Gasteiger partial charge in [0.2, 0.25) is 10.0 Å². The van der Waals surface area contributed by atoms with Crippen molar-refractivity contribution in [2.75, 3.05) is 17.6 Å². The van der Waals surface area contributed by atoms with Gasteiger partial charge in [-0.25, -0.2) is 22.6 Å². The molecule has 1 aliphatic rings. The number of sulfonamides is 1. The lowest BCUT2D eigenvalue weighted by molar-refractivity contribution is 0.0697. The molecule has 47 heavy (non-hydrogen) atoms. The van der Waals surface area contributed by atoms with E-state index in [2.05, 4.69) is 4.57 Å². The number of hydrogen-bond acceptors (Lipinski definition) is 5. The van der Waals surface area contributed by atoms with Crippen LogP contribution in [0.15, 0.2) is 78.9 Å². The highest BCUT2D eigenvalue weighted by atomic mass is 35.5. The zero-order valence-electron chi connectivity index (χ0n) is 25.8. The van der Waals surface area contributed by atoms with E-state index < -0.39 is 21.8 Å². The third kappa shape index (κ3) is 7.25. The molecule has 1 heterocycles. The molecular weight excluding hydrogens is 664 g/mol. The number of hydrogen-bond donors (Lipinski definition) is 1. The number of fused-ring (bicyclic) bond motifs is 1. The fraction of sp³-hybridized carbons (Fsp3) is 0.257. The third-order valence-electron chi connectivity index (χ3n) is 8.56. The number of ether oxygens (including phenoxy) is 1. The van der Waals surface area contributed by atoms with Crippen LogP contribution in [0.4, 0.5) is 10.1 Å². The van der Waals surface area contributed by atoms with Crippen LogP contribution >= 0.6 is 24.0 Å². The smallest absolute Gasteiger partial charge is 0.335 e. The number of nitrogens with zero attached hydrogens (tertiary/aromatic N) is 3. The van der Waals surface area contributed by atoms with Crippen LogP contribution in [0.2, 0.25) is 5.02 Å². The normalized spacial score (nSPS) is 13.7. The first-order valence-corrected chi connectivity index (χ1v) is 17.2. The van der Waals surface area contributed by atoms with Crippen LogP contribution in [0.25, 0.3) is 33.5 Å². The molecule has 0 bridgehead atoms. The number of halogens is 3. The molecule has 0 radical (unpaired) electrons. The Bertz CT molecular complexity index is 2040. The number of benzene rings is 4. The summed E-state index contributed by atoms with van der Waals surface area (Å²) in [5, 5.41) is 10.1. The van der Waals surface area contributed by atoms with E-state index in [0.717, 1.165) is 55.0 Å². The molecule has 0 spiro atoms. The average Bonchev–Trinajstić information content (AvgIpc) is 3.42. The molecule has 6 rings (SSSR count). The molecule has 5 aromatic rings. The maximum atomic E-state index is 15.9. The Labute approximate surface area is 284 Å². The predicted octanol–water partition coefficient (Wildman–Crippen LogP) is 8.76. The van der Waals surface area contributed by atoms with Crippen molar-refractivity contribution in [2.45, 2.75) is 44.8 Å². The molecule has 0 atom stereocenters. The SMILES string of the molecule is CN(c1ccc(-c2ccc(Cl)cc2)c(COc2ccc(-c3nc4cc(C(=O)O)ccc4n3C3CCCCC3)c(F)c2)c1)S(C)(=O)=O.Cl. The standard InChI is InChI=1S/C35H33ClFN3O5S.ClH/c1-39(46(2,43)44)27-13-15-29(22-8-11-25(36)12-9-22)24(18-27)21-45-28-14-16-30(31(37)20-28)34-38-32-19-23(35(41)42)10-17-33(32)40(34)26-6-4-3-5-7-26;/h8-20,26H,3-7,21H2,1-2H3,(H,41,42);1H. The fourth-order valence-corrected chi connectivity index (χ4v) is 6.68. The van der Waals surface area contributed by atoms with Crippen molar-refractivity contribution in [3.63, 3.8) is 0 Å². The molecule has 1 saturated carbocycles. The molecule has 12 heteroatoms. The molecule has 1 fully saturated rings. The lowest BCUT2D eigenvalue weighted by Crippen LogP contribution is -2.25. The van der Waals surface area contributed by atoms with Gasteiger partial charge in [-0.3, -0.25) is 4.31 Å². The van der Waals surface area contributed by atoms with Gasteiger partial charge in [0.1, 0.15) is 24.0 Å². The lowest BCUT2D eigenvalue weighted by Gasteiger charge is -2.25. The van der Waals surface area contributed by atoms with Crippen molar-refractivity contribution in [3.8, 4) is 28.3 Å². The van der Waals surface area contributed by atoms with Gasteiger partial charge >= 0.3 is 5.97 Å². The predicted molar refractivity (Wildman–Crippen MR) is 186 cm³/mol. The Balaban J connectivity index is 0.00000433. The fourth-order valence-electron chi connectivity index (χ4n) is 6.06. The van der Waals surface area contributed by atoms with E-state index in [-0.39, 0.29) is 30.6 Å². The zero-order valence-corrected chi connectivity index (χ0v) is 28.2. The number of carboxylic acids is 1. The molecule has 4 aromatic carbocycles. The second-order valence-electron chi connectivity index (χ2n) is 11.6. The topological polar surface area (TPSA) is 102 Å². The van der Waals surface area contributed by atoms with Gasteiger partial charge in [0.25, 0.3) is 0 Å². The molecule has 0 saturated heterocycles. The molecule has 1 N–H and O–H groups in total. The van der Waals surface area contributed by atoms with Gasteiger partial charge in [-0.05, 0) is 84.1 Å². The minimum absolute atomic E-state index is 0. The number of anilines is 1. The van der Waals surface area contributed by atoms with E-state index in [1.165, 1.54) is 23.5 Å². The molecule has 1 aromatic heterocycles. The van der Waals surface area contributed by atoms with E-state index in [1.54, 1.807) is 48.5 Å². The summed E-state index contributed by atoms with van der Waals surface area (Å²) in [6.45, 7) is 0.0424. The van der Waals surface area contributed by atoms with Crippen LogP contribution in [0.3, 0.4) is 0 Å². The number of rotatable bonds is 9. The Morgan fingerprint density at radius 2 is 1.70 bits per heavy atom. The van der Waals surface area contributed by atoms with Gasteiger partial charge in [0.05, 0.1) is 34.1 Å². The van der Waals surface area contributed by atoms with Gasteiger partial charge in [-0.1, -0.05) is 49.1 Å². The highest BCUT2D eigenvalue weighted by Crippen LogP contribution is 2.38. The highest BCUT2D eigenvalue weighted by molar-refractivity contribution is 7.92. The van der Waals surface area contributed by atoms with Crippen LogP contribution in [0, 0.1) is 5.82 Å². The first kappa shape index (κ1) is 34.2. The van der Waals surface area contributed by atoms with Crippen LogP contribution in [0.5, 0.6) is 5.75 Å². The summed E-state index contributed by atoms with van der Waals surface area (Å²) >= 11 is 6.10. The summed E-state index contributed by atoms with van der Waals surface area (Å²) in [7, 11) is -2.02. The van der Waals surface area contributed by atoms with E-state index in [4.69, 9.17) is 21.3 Å². The van der Waals surface area contributed by atoms with Crippen molar-refractivity contribution in [1.29, 1.82) is 0 Å². The van der Waals surface area contributed by atoms with Crippen molar-refractivity contribution >= 4 is 56.7 Å². The summed E-state index contributed by atoms with van der Waals surface area (Å²) in [4.78, 5) is 16.4. The molecular formula is C35H34Cl2FN3O5S. The number of carbonyl (C=O) groups is 1. The molecule has 8 nitrogen and oxygen atoms in total. The minimum atomic E-state index is -3.50. The number of carboxylic acid groups (broad SMARTS) is 1. The summed E-state index contributed by atoms with van der Waals surface area (Å²) in [5.41, 5.74) is 4.56. The van der Waals surface area contributed by atoms with E-state index in [9.17, 15) is 18.3 Å². The zero-order chi connectivity index (χ0) is 32.6. The second-order valence-corrected chi connectivity index (χ2v) is 14.1. The number of aromatic nitrogens is 2. The van der Waals surface area contributed by atoms with Crippen LogP contribution in [0.1, 0.15) is 54.1 Å². The Morgan fingerprint density at radius 1 is 1.00 bits per heavy atom. The van der Waals surface area contributed by atoms with E-state index in [1.807, 2.05) is 18.2 Å². The van der Waals surface area contributed by atoms with Crippen molar-refractivity contribution < 1.29 is 27.4 Å². The largest absolute Gasteiger partial charge is 0.489 e.